The molecule has 22 heavy (non-hydrogen) atoms. The highest BCUT2D eigenvalue weighted by Crippen LogP contribution is 2.35. The van der Waals surface area contributed by atoms with Crippen LogP contribution in [0, 0.1) is 20.8 Å². The van der Waals surface area contributed by atoms with Crippen molar-refractivity contribution in [2.75, 3.05) is 0 Å². The Balaban J connectivity index is 2.12. The van der Waals surface area contributed by atoms with E-state index in [0.717, 1.165) is 12.1 Å². The van der Waals surface area contributed by atoms with Gasteiger partial charge < -0.3 is 5.32 Å². The van der Waals surface area contributed by atoms with Gasteiger partial charge in [0.2, 0.25) is 5.91 Å². The predicted octanol–water partition coefficient (Wildman–Crippen LogP) is 3.42. The van der Waals surface area contributed by atoms with Gasteiger partial charge >= 0.3 is 0 Å². The monoisotopic (exact) mass is 294 g/mol. The molecule has 0 unspecified atom stereocenters. The number of carbonyl (C=O) groups excluding carboxylic acids is 1. The lowest BCUT2D eigenvalue weighted by molar-refractivity contribution is -0.119. The normalized spacial score (nSPS) is 19.0. The first-order chi connectivity index (χ1) is 10.6. The van der Waals surface area contributed by atoms with Crippen LogP contribution < -0.4 is 5.32 Å². The van der Waals surface area contributed by atoms with Gasteiger partial charge in [0.25, 0.3) is 0 Å². The molecule has 3 rings (SSSR count). The molecule has 0 spiro atoms. The largest absolute Gasteiger partial charge is 0.352 e. The highest BCUT2D eigenvalue weighted by molar-refractivity contribution is 5.78. The van der Waals surface area contributed by atoms with Crippen LogP contribution >= 0.6 is 0 Å². The second-order valence-electron chi connectivity index (χ2n) is 6.26. The van der Waals surface area contributed by atoms with Gasteiger partial charge in [0.15, 0.2) is 0 Å². The maximum Gasteiger partial charge on any atom is 0.220 e. The summed E-state index contributed by atoms with van der Waals surface area (Å²) in [6.07, 6.45) is 3.31. The molecule has 0 aliphatic carbocycles. The third kappa shape index (κ3) is 2.76. The van der Waals surface area contributed by atoms with Gasteiger partial charge in [-0.15, -0.1) is 0 Å². The van der Waals surface area contributed by atoms with E-state index in [-0.39, 0.29) is 17.9 Å². The van der Waals surface area contributed by atoms with Crippen LogP contribution in [0.25, 0.3) is 0 Å². The molecule has 0 saturated carbocycles. The summed E-state index contributed by atoms with van der Waals surface area (Å²) in [5.74, 6) is 0.265. The van der Waals surface area contributed by atoms with Crippen LogP contribution in [0.15, 0.2) is 36.5 Å². The second kappa shape index (κ2) is 5.91. The SMILES string of the molecule is Cc1cc(C)c([C@@H](c2ccccn2)[C@H]2CCC(=O)N2)c(C)c1. The van der Waals surface area contributed by atoms with E-state index >= 15 is 0 Å². The number of aromatic nitrogens is 1. The number of carbonyl (C=O) groups is 1. The van der Waals surface area contributed by atoms with Gasteiger partial charge in [-0.3, -0.25) is 9.78 Å². The average Bonchev–Trinajstić information content (AvgIpc) is 2.89. The number of amides is 1. The van der Waals surface area contributed by atoms with Gasteiger partial charge in [-0.05, 0) is 56.0 Å². The van der Waals surface area contributed by atoms with E-state index in [9.17, 15) is 4.79 Å². The van der Waals surface area contributed by atoms with Crippen LogP contribution in [0.3, 0.4) is 0 Å². The fourth-order valence-electron chi connectivity index (χ4n) is 3.68. The Kier molecular flexibility index (Phi) is 3.97. The van der Waals surface area contributed by atoms with Crippen molar-refractivity contribution in [2.45, 2.75) is 45.6 Å². The number of hydrogen-bond donors (Lipinski definition) is 1. The smallest absolute Gasteiger partial charge is 0.220 e. The van der Waals surface area contributed by atoms with Crippen LogP contribution in [-0.4, -0.2) is 16.9 Å². The van der Waals surface area contributed by atoms with Crippen molar-refractivity contribution >= 4 is 5.91 Å². The average molecular weight is 294 g/mol. The number of nitrogens with zero attached hydrogens (tertiary/aromatic N) is 1. The van der Waals surface area contributed by atoms with Crippen LogP contribution in [0.2, 0.25) is 0 Å². The molecule has 0 bridgehead atoms. The summed E-state index contributed by atoms with van der Waals surface area (Å²) in [4.78, 5) is 16.3. The summed E-state index contributed by atoms with van der Waals surface area (Å²) in [5.41, 5.74) is 6.15. The fraction of sp³-hybridized carbons (Fsp3) is 0.368. The summed E-state index contributed by atoms with van der Waals surface area (Å²) in [6.45, 7) is 6.43. The Bertz CT molecular complexity index is 671. The summed E-state index contributed by atoms with van der Waals surface area (Å²) in [7, 11) is 0. The highest BCUT2D eigenvalue weighted by atomic mass is 16.1. The Morgan fingerprint density at radius 3 is 2.45 bits per heavy atom. The van der Waals surface area contributed by atoms with Crippen LogP contribution in [0.4, 0.5) is 0 Å². The van der Waals surface area contributed by atoms with E-state index in [2.05, 4.69) is 49.3 Å². The summed E-state index contributed by atoms with van der Waals surface area (Å²) in [6, 6.07) is 10.6. The van der Waals surface area contributed by atoms with Crippen molar-refractivity contribution < 1.29 is 4.79 Å². The molecule has 2 heterocycles. The van der Waals surface area contributed by atoms with Crippen molar-refractivity contribution in [1.82, 2.24) is 10.3 Å². The lowest BCUT2D eigenvalue weighted by Crippen LogP contribution is -2.33. The van der Waals surface area contributed by atoms with Gasteiger partial charge in [-0.25, -0.2) is 0 Å². The zero-order valence-electron chi connectivity index (χ0n) is 13.4. The van der Waals surface area contributed by atoms with Gasteiger partial charge in [0.1, 0.15) is 0 Å². The summed E-state index contributed by atoms with van der Waals surface area (Å²) < 4.78 is 0. The second-order valence-corrected chi connectivity index (χ2v) is 6.26. The maximum absolute atomic E-state index is 11.7. The quantitative estimate of drug-likeness (QED) is 0.942. The van der Waals surface area contributed by atoms with Gasteiger partial charge in [-0.1, -0.05) is 23.8 Å². The topological polar surface area (TPSA) is 42.0 Å². The molecule has 3 nitrogen and oxygen atoms in total. The molecular formula is C19H22N2O. The lowest BCUT2D eigenvalue weighted by atomic mass is 9.82. The molecule has 1 aliphatic rings. The number of aryl methyl sites for hydroxylation is 3. The van der Waals surface area contributed by atoms with Crippen LogP contribution in [0.1, 0.15) is 46.7 Å². The van der Waals surface area contributed by atoms with Gasteiger partial charge in [-0.2, -0.15) is 0 Å². The molecule has 1 saturated heterocycles. The fourth-order valence-corrected chi connectivity index (χ4v) is 3.68. The zero-order chi connectivity index (χ0) is 15.7. The van der Waals surface area contributed by atoms with E-state index in [1.807, 2.05) is 18.3 Å². The Morgan fingerprint density at radius 2 is 1.91 bits per heavy atom. The van der Waals surface area contributed by atoms with Gasteiger partial charge in [0.05, 0.1) is 0 Å². The summed E-state index contributed by atoms with van der Waals surface area (Å²) in [5, 5.41) is 3.14. The molecule has 114 valence electrons. The lowest BCUT2D eigenvalue weighted by Gasteiger charge is -2.27. The molecule has 1 aliphatic heterocycles. The summed E-state index contributed by atoms with van der Waals surface area (Å²) >= 11 is 0. The Hall–Kier alpha value is -2.16. The van der Waals surface area contributed by atoms with Crippen molar-refractivity contribution in [3.05, 3.63) is 64.5 Å². The third-order valence-corrected chi connectivity index (χ3v) is 4.49. The maximum atomic E-state index is 11.7. The minimum absolute atomic E-state index is 0.119. The van der Waals surface area contributed by atoms with E-state index < -0.39 is 0 Å². The van der Waals surface area contributed by atoms with E-state index in [1.165, 1.54) is 22.3 Å². The highest BCUT2D eigenvalue weighted by Gasteiger charge is 2.33. The van der Waals surface area contributed by atoms with Crippen molar-refractivity contribution in [1.29, 1.82) is 0 Å². The van der Waals surface area contributed by atoms with Crippen molar-refractivity contribution in [3.63, 3.8) is 0 Å². The predicted molar refractivity (Wildman–Crippen MR) is 87.9 cm³/mol. The minimum atomic E-state index is 0.119. The van der Waals surface area contributed by atoms with E-state index in [0.29, 0.717) is 6.42 Å². The minimum Gasteiger partial charge on any atom is -0.352 e. The molecule has 1 aromatic heterocycles. The van der Waals surface area contributed by atoms with E-state index in [1.54, 1.807) is 0 Å². The van der Waals surface area contributed by atoms with Crippen molar-refractivity contribution in [3.8, 4) is 0 Å². The van der Waals surface area contributed by atoms with Crippen LogP contribution in [-0.2, 0) is 4.79 Å². The Labute approximate surface area is 131 Å². The molecule has 1 aromatic carbocycles. The molecule has 1 N–H and O–H groups in total. The first-order valence-corrected chi connectivity index (χ1v) is 7.84. The number of nitrogens with one attached hydrogen (secondary N) is 1. The first kappa shape index (κ1) is 14.8. The molecule has 0 radical (unpaired) electrons. The van der Waals surface area contributed by atoms with E-state index in [4.69, 9.17) is 0 Å². The third-order valence-electron chi connectivity index (χ3n) is 4.49. The number of hydrogen-bond acceptors (Lipinski definition) is 2. The molecule has 2 aromatic rings. The molecule has 1 amide bonds. The number of rotatable bonds is 3. The molecule has 3 heteroatoms. The number of benzene rings is 1. The van der Waals surface area contributed by atoms with Crippen LogP contribution in [0.5, 0.6) is 0 Å². The molecular weight excluding hydrogens is 272 g/mol. The zero-order valence-corrected chi connectivity index (χ0v) is 13.4. The number of pyridine rings is 1. The Morgan fingerprint density at radius 1 is 1.18 bits per heavy atom. The van der Waals surface area contributed by atoms with Gasteiger partial charge in [0, 0.05) is 30.3 Å². The molecule has 1 fully saturated rings. The standard InChI is InChI=1S/C19H22N2O/c1-12-10-13(2)18(14(3)11-12)19(15-6-4-5-9-20-15)16-7-8-17(22)21-16/h4-6,9-11,16,19H,7-8H2,1-3H3,(H,21,22)/t16-,19+/m1/s1. The molecule has 2 atom stereocenters. The van der Waals surface area contributed by atoms with Crippen molar-refractivity contribution in [2.24, 2.45) is 0 Å². The first-order valence-electron chi connectivity index (χ1n) is 7.84.